The fraction of sp³-hybridized carbons (Fsp3) is 1.00. The van der Waals surface area contributed by atoms with Crippen LogP contribution in [0, 0.1) is 5.92 Å². The Balaban J connectivity index is 2.96. The summed E-state index contributed by atoms with van der Waals surface area (Å²) in [6, 6.07) is 0. The first-order valence-corrected chi connectivity index (χ1v) is 9.92. The highest BCUT2D eigenvalue weighted by atomic mass is 16.2. The van der Waals surface area contributed by atoms with Gasteiger partial charge in [-0.15, -0.1) is 0 Å². The van der Waals surface area contributed by atoms with Crippen LogP contribution < -0.4 is 0 Å². The highest BCUT2D eigenvalue weighted by molar-refractivity contribution is 4.52. The maximum Gasteiger partial charge on any atom is 0.0431 e. The average Bonchev–Trinajstić information content (AvgIpc) is 2.50. The van der Waals surface area contributed by atoms with E-state index in [9.17, 15) is 0 Å². The summed E-state index contributed by atoms with van der Waals surface area (Å²) in [6.07, 6.45) is 22.1. The molecule has 0 aromatic heterocycles. The summed E-state index contributed by atoms with van der Waals surface area (Å²) in [5.74, 6) is 0.939. The van der Waals surface area contributed by atoms with Crippen LogP contribution in [0.15, 0.2) is 0 Å². The summed E-state index contributed by atoms with van der Waals surface area (Å²) in [5.41, 5.74) is 0. The molecule has 1 atom stereocenters. The Kier molecular flexibility index (Phi) is 18.0. The van der Waals surface area contributed by atoms with Gasteiger partial charge in [0.15, 0.2) is 0 Å². The number of rotatable bonds is 17. The van der Waals surface area contributed by atoms with Gasteiger partial charge in [0.05, 0.1) is 0 Å². The second-order valence-electron chi connectivity index (χ2n) is 6.98. The largest absolute Gasteiger partial charge is 0.396 e. The van der Waals surface area contributed by atoms with Gasteiger partial charge in [0.2, 0.25) is 0 Å². The quantitative estimate of drug-likeness (QED) is 0.290. The third-order valence-electron chi connectivity index (χ3n) is 4.80. The Morgan fingerprint density at radius 1 is 0.571 bits per heavy atom. The van der Waals surface area contributed by atoms with Crippen molar-refractivity contribution in [3.63, 3.8) is 0 Å². The third kappa shape index (κ3) is 17.9. The molecule has 0 aliphatic rings. The molecule has 1 nitrogen and oxygen atoms in total. The van der Waals surface area contributed by atoms with E-state index in [2.05, 4.69) is 13.8 Å². The lowest BCUT2D eigenvalue weighted by molar-refractivity contribution is 0.282. The molecule has 1 N–H and O–H groups in total. The molecule has 1 unspecified atom stereocenters. The SMILES string of the molecule is CCC(C)CCCCCCCCCCCCCCCCO. The summed E-state index contributed by atoms with van der Waals surface area (Å²) in [7, 11) is 0. The van der Waals surface area contributed by atoms with Crippen molar-refractivity contribution in [2.45, 2.75) is 117 Å². The zero-order valence-corrected chi connectivity index (χ0v) is 15.0. The first-order valence-electron chi connectivity index (χ1n) is 9.92. The summed E-state index contributed by atoms with van der Waals surface area (Å²) in [5, 5.41) is 8.69. The zero-order chi connectivity index (χ0) is 15.6. The first-order chi connectivity index (χ1) is 10.3. The van der Waals surface area contributed by atoms with E-state index in [4.69, 9.17) is 5.11 Å². The minimum absolute atomic E-state index is 0.373. The van der Waals surface area contributed by atoms with E-state index in [0.29, 0.717) is 6.61 Å². The van der Waals surface area contributed by atoms with E-state index in [-0.39, 0.29) is 0 Å². The van der Waals surface area contributed by atoms with Crippen LogP contribution in [0.3, 0.4) is 0 Å². The predicted octanol–water partition coefficient (Wildman–Crippen LogP) is 6.88. The van der Waals surface area contributed by atoms with E-state index in [1.165, 1.54) is 96.3 Å². The standard InChI is InChI=1S/C20H42O/c1-3-20(2)18-16-14-12-10-8-6-4-5-7-9-11-13-15-17-19-21/h20-21H,3-19H2,1-2H3. The van der Waals surface area contributed by atoms with Gasteiger partial charge in [-0.25, -0.2) is 0 Å². The van der Waals surface area contributed by atoms with E-state index in [0.717, 1.165) is 12.3 Å². The van der Waals surface area contributed by atoms with Crippen LogP contribution in [0.5, 0.6) is 0 Å². The fourth-order valence-corrected chi connectivity index (χ4v) is 2.93. The minimum Gasteiger partial charge on any atom is -0.396 e. The smallest absolute Gasteiger partial charge is 0.0431 e. The van der Waals surface area contributed by atoms with E-state index in [1.807, 2.05) is 0 Å². The summed E-state index contributed by atoms with van der Waals surface area (Å²) >= 11 is 0. The molecular weight excluding hydrogens is 256 g/mol. The van der Waals surface area contributed by atoms with E-state index in [1.54, 1.807) is 0 Å². The van der Waals surface area contributed by atoms with Gasteiger partial charge in [-0.3, -0.25) is 0 Å². The third-order valence-corrected chi connectivity index (χ3v) is 4.80. The Bertz CT molecular complexity index is 179. The molecule has 0 radical (unpaired) electrons. The molecular formula is C20H42O. The van der Waals surface area contributed by atoms with Gasteiger partial charge in [-0.1, -0.05) is 110 Å². The first kappa shape index (κ1) is 21.0. The van der Waals surface area contributed by atoms with Crippen LogP contribution in [0.2, 0.25) is 0 Å². The lowest BCUT2D eigenvalue weighted by atomic mass is 9.99. The van der Waals surface area contributed by atoms with Crippen LogP contribution in [0.4, 0.5) is 0 Å². The summed E-state index contributed by atoms with van der Waals surface area (Å²) < 4.78 is 0. The van der Waals surface area contributed by atoms with Crippen molar-refractivity contribution in [3.8, 4) is 0 Å². The maximum atomic E-state index is 8.69. The van der Waals surface area contributed by atoms with Gasteiger partial charge < -0.3 is 5.11 Å². The number of aliphatic hydroxyl groups excluding tert-OH is 1. The Hall–Kier alpha value is -0.0400. The van der Waals surface area contributed by atoms with Gasteiger partial charge in [0, 0.05) is 6.61 Å². The van der Waals surface area contributed by atoms with Gasteiger partial charge >= 0.3 is 0 Å². The van der Waals surface area contributed by atoms with E-state index >= 15 is 0 Å². The highest BCUT2D eigenvalue weighted by Gasteiger charge is 1.98. The molecule has 21 heavy (non-hydrogen) atoms. The Morgan fingerprint density at radius 2 is 0.905 bits per heavy atom. The van der Waals surface area contributed by atoms with Gasteiger partial charge in [-0.05, 0) is 12.3 Å². The monoisotopic (exact) mass is 298 g/mol. The molecule has 0 aromatic rings. The Morgan fingerprint density at radius 3 is 1.24 bits per heavy atom. The van der Waals surface area contributed by atoms with Crippen molar-refractivity contribution in [2.75, 3.05) is 6.61 Å². The lowest BCUT2D eigenvalue weighted by Gasteiger charge is -2.07. The molecule has 0 spiro atoms. The van der Waals surface area contributed by atoms with Crippen LogP contribution in [0.1, 0.15) is 117 Å². The number of hydrogen-bond acceptors (Lipinski definition) is 1. The molecule has 0 aliphatic carbocycles. The van der Waals surface area contributed by atoms with Crippen molar-refractivity contribution in [3.05, 3.63) is 0 Å². The van der Waals surface area contributed by atoms with Crippen molar-refractivity contribution < 1.29 is 5.11 Å². The second-order valence-corrected chi connectivity index (χ2v) is 6.98. The molecule has 0 amide bonds. The van der Waals surface area contributed by atoms with Crippen LogP contribution in [-0.2, 0) is 0 Å². The molecule has 0 saturated heterocycles. The molecule has 0 rings (SSSR count). The average molecular weight is 299 g/mol. The molecule has 0 fully saturated rings. The van der Waals surface area contributed by atoms with Crippen LogP contribution >= 0.6 is 0 Å². The molecule has 128 valence electrons. The summed E-state index contributed by atoms with van der Waals surface area (Å²) in [4.78, 5) is 0. The molecule has 0 saturated carbocycles. The lowest BCUT2D eigenvalue weighted by Crippen LogP contribution is -1.91. The van der Waals surface area contributed by atoms with Crippen molar-refractivity contribution >= 4 is 0 Å². The molecule has 0 bridgehead atoms. The minimum atomic E-state index is 0.373. The Labute approximate surface area is 134 Å². The second kappa shape index (κ2) is 18.0. The maximum absolute atomic E-state index is 8.69. The van der Waals surface area contributed by atoms with E-state index < -0.39 is 0 Å². The fourth-order valence-electron chi connectivity index (χ4n) is 2.93. The van der Waals surface area contributed by atoms with Crippen LogP contribution in [0.25, 0.3) is 0 Å². The number of hydrogen-bond donors (Lipinski definition) is 1. The van der Waals surface area contributed by atoms with Gasteiger partial charge in [0.25, 0.3) is 0 Å². The molecule has 0 heterocycles. The predicted molar refractivity (Wildman–Crippen MR) is 95.8 cm³/mol. The summed E-state index contributed by atoms with van der Waals surface area (Å²) in [6.45, 7) is 5.06. The highest BCUT2D eigenvalue weighted by Crippen LogP contribution is 2.15. The molecule has 0 aliphatic heterocycles. The van der Waals surface area contributed by atoms with Crippen molar-refractivity contribution in [1.29, 1.82) is 0 Å². The zero-order valence-electron chi connectivity index (χ0n) is 15.0. The normalized spacial score (nSPS) is 12.7. The van der Waals surface area contributed by atoms with Gasteiger partial charge in [0.1, 0.15) is 0 Å². The van der Waals surface area contributed by atoms with Gasteiger partial charge in [-0.2, -0.15) is 0 Å². The number of aliphatic hydroxyl groups is 1. The van der Waals surface area contributed by atoms with Crippen LogP contribution in [-0.4, -0.2) is 11.7 Å². The van der Waals surface area contributed by atoms with Crippen molar-refractivity contribution in [2.24, 2.45) is 5.92 Å². The van der Waals surface area contributed by atoms with Crippen molar-refractivity contribution in [1.82, 2.24) is 0 Å². The molecule has 1 heteroatoms. The molecule has 0 aromatic carbocycles. The number of unbranched alkanes of at least 4 members (excludes halogenated alkanes) is 13. The topological polar surface area (TPSA) is 20.2 Å².